The number of nitrogens with zero attached hydrogens (tertiary/aromatic N) is 3. The van der Waals surface area contributed by atoms with E-state index < -0.39 is 0 Å². The minimum absolute atomic E-state index is 0.0670. The number of thiophene rings is 2. The number of hydrogen-bond acceptors (Lipinski definition) is 6. The van der Waals surface area contributed by atoms with E-state index in [0.29, 0.717) is 37.8 Å². The van der Waals surface area contributed by atoms with E-state index in [2.05, 4.69) is 18.2 Å². The summed E-state index contributed by atoms with van der Waals surface area (Å²) < 4.78 is 64.6. The number of para-hydroxylation sites is 1. The topological polar surface area (TPSA) is 51.8 Å². The fourth-order valence-corrected chi connectivity index (χ4v) is 9.21. The predicted molar refractivity (Wildman–Crippen MR) is 215 cm³/mol. The third kappa shape index (κ3) is 4.54. The largest absolute Gasteiger partial charge is 0.456 e. The molecular weight excluding hydrogens is 663 g/mol. The highest BCUT2D eigenvalue weighted by Crippen LogP contribution is 2.43. The lowest BCUT2D eigenvalue weighted by atomic mass is 10.0. The fourth-order valence-electron chi connectivity index (χ4n) is 6.86. The molecule has 0 aliphatic rings. The number of aromatic nitrogens is 3. The minimum atomic E-state index is -0.298. The van der Waals surface area contributed by atoms with Crippen molar-refractivity contribution in [2.24, 2.45) is 0 Å². The molecule has 0 radical (unpaired) electrons. The third-order valence-corrected chi connectivity index (χ3v) is 11.6. The van der Waals surface area contributed by atoms with E-state index in [0.717, 1.165) is 47.7 Å². The Morgan fingerprint density at radius 2 is 1.18 bits per heavy atom. The summed E-state index contributed by atoms with van der Waals surface area (Å²) in [5, 5.41) is 4.58. The number of hydrogen-bond donors (Lipinski definition) is 0. The van der Waals surface area contributed by atoms with E-state index in [4.69, 9.17) is 23.5 Å². The summed E-state index contributed by atoms with van der Waals surface area (Å²) in [4.78, 5) is 14.8. The van der Waals surface area contributed by atoms with Crippen molar-refractivity contribution in [3.63, 3.8) is 0 Å². The Bertz CT molecular complexity index is 3510. The molecule has 51 heavy (non-hydrogen) atoms. The lowest BCUT2D eigenvalue weighted by Crippen LogP contribution is -2.00. The second kappa shape index (κ2) is 11.2. The molecule has 0 fully saturated rings. The average molecular weight is 694 g/mol. The zero-order chi connectivity index (χ0) is 38.7. The average Bonchev–Trinajstić information content (AvgIpc) is 3.94. The van der Waals surface area contributed by atoms with Gasteiger partial charge in [-0.15, -0.1) is 22.7 Å². The standard InChI is InChI=1S/C45H25N3OS2/c1-2-10-26(11-3-1)43-46-44(48-45(47-43)36-17-9-16-34-32-13-5-7-19-39(32)50-42(34)36)28-21-23-33-35-15-8-14-29(41(35)51-40(33)25-28)27-20-22-31-30-12-4-6-18-37(30)49-38(31)24-27/h1-25H/i8D,14D,15D,21D,23D,25D. The van der Waals surface area contributed by atoms with Crippen molar-refractivity contribution >= 4 is 85.0 Å². The molecule has 0 aliphatic carbocycles. The summed E-state index contributed by atoms with van der Waals surface area (Å²) in [7, 11) is 0. The molecule has 0 amide bonds. The molecule has 4 heterocycles. The van der Waals surface area contributed by atoms with Gasteiger partial charge >= 0.3 is 0 Å². The maximum atomic E-state index is 9.66. The molecule has 0 saturated carbocycles. The molecule has 7 aromatic carbocycles. The SMILES string of the molecule is [2H]c1c([2H])c([2H])c2c(sc3c([2H])c(-c4nc(-c5ccccc5)nc(-c5cccc6c5sc5ccccc56)n4)c([2H])c([2H])c32)c1-c1ccc2c(c1)oc1ccccc12. The monoisotopic (exact) mass is 693 g/mol. The molecule has 0 saturated heterocycles. The maximum absolute atomic E-state index is 9.66. The van der Waals surface area contributed by atoms with Crippen LogP contribution in [0.5, 0.6) is 0 Å². The Hall–Kier alpha value is -6.21. The van der Waals surface area contributed by atoms with Crippen LogP contribution in [0.3, 0.4) is 0 Å². The van der Waals surface area contributed by atoms with Gasteiger partial charge in [0, 0.05) is 67.8 Å². The summed E-state index contributed by atoms with van der Waals surface area (Å²) in [5.41, 5.74) is 3.96. The van der Waals surface area contributed by atoms with Crippen molar-refractivity contribution in [3.8, 4) is 45.3 Å². The summed E-state index contributed by atoms with van der Waals surface area (Å²) in [5.74, 6) is 0.834. The zero-order valence-electron chi connectivity index (χ0n) is 32.5. The van der Waals surface area contributed by atoms with Crippen LogP contribution in [0.25, 0.3) is 108 Å². The van der Waals surface area contributed by atoms with Crippen molar-refractivity contribution in [2.45, 2.75) is 0 Å². The first kappa shape index (κ1) is 23.2. The number of rotatable bonds is 4. The van der Waals surface area contributed by atoms with Crippen LogP contribution in [0.4, 0.5) is 0 Å². The van der Waals surface area contributed by atoms with Crippen molar-refractivity contribution in [3.05, 3.63) is 152 Å². The summed E-state index contributed by atoms with van der Waals surface area (Å²) in [6, 6.07) is 35.9. The Morgan fingerprint density at radius 3 is 2.10 bits per heavy atom. The molecule has 11 aromatic rings. The molecule has 0 aliphatic heterocycles. The molecule has 0 unspecified atom stereocenters. The van der Waals surface area contributed by atoms with Crippen molar-refractivity contribution in [2.75, 3.05) is 0 Å². The first-order valence-corrected chi connectivity index (χ1v) is 18.0. The van der Waals surface area contributed by atoms with E-state index in [1.807, 2.05) is 97.1 Å². The van der Waals surface area contributed by atoms with Gasteiger partial charge in [0.2, 0.25) is 0 Å². The number of benzene rings is 7. The predicted octanol–water partition coefficient (Wildman–Crippen LogP) is 13.2. The van der Waals surface area contributed by atoms with Crippen molar-refractivity contribution < 1.29 is 12.6 Å². The highest BCUT2D eigenvalue weighted by Gasteiger charge is 2.18. The van der Waals surface area contributed by atoms with Crippen LogP contribution >= 0.6 is 22.7 Å². The van der Waals surface area contributed by atoms with Gasteiger partial charge in [-0.2, -0.15) is 0 Å². The van der Waals surface area contributed by atoms with Crippen LogP contribution in [0.2, 0.25) is 0 Å². The lowest BCUT2D eigenvalue weighted by molar-refractivity contribution is 0.669. The minimum Gasteiger partial charge on any atom is -0.456 e. The molecule has 238 valence electrons. The quantitative estimate of drug-likeness (QED) is 0.184. The molecule has 4 aromatic heterocycles. The number of furan rings is 1. The highest BCUT2D eigenvalue weighted by atomic mass is 32.1. The molecule has 6 heteroatoms. The molecule has 0 atom stereocenters. The van der Waals surface area contributed by atoms with Crippen LogP contribution < -0.4 is 0 Å². The van der Waals surface area contributed by atoms with Crippen LogP contribution in [-0.2, 0) is 0 Å². The number of fused-ring (bicyclic) bond motifs is 9. The molecule has 0 spiro atoms. The van der Waals surface area contributed by atoms with Crippen LogP contribution in [0.15, 0.2) is 156 Å². The van der Waals surface area contributed by atoms with Gasteiger partial charge in [-0.1, -0.05) is 115 Å². The van der Waals surface area contributed by atoms with Crippen molar-refractivity contribution in [1.29, 1.82) is 0 Å². The lowest BCUT2D eigenvalue weighted by Gasteiger charge is -2.09. The van der Waals surface area contributed by atoms with Gasteiger partial charge in [0.15, 0.2) is 17.5 Å². The summed E-state index contributed by atoms with van der Waals surface area (Å²) in [6.07, 6.45) is 0. The van der Waals surface area contributed by atoms with Gasteiger partial charge in [-0.05, 0) is 47.5 Å². The smallest absolute Gasteiger partial charge is 0.165 e. The Morgan fingerprint density at radius 1 is 0.451 bits per heavy atom. The zero-order valence-corrected chi connectivity index (χ0v) is 28.2. The van der Waals surface area contributed by atoms with E-state index in [9.17, 15) is 4.11 Å². The summed E-state index contributed by atoms with van der Waals surface area (Å²) in [6.45, 7) is 0. The van der Waals surface area contributed by atoms with Crippen molar-refractivity contribution in [1.82, 2.24) is 15.0 Å². The second-order valence-electron chi connectivity index (χ2n) is 12.3. The second-order valence-corrected chi connectivity index (χ2v) is 14.3. The van der Waals surface area contributed by atoms with E-state index in [1.165, 1.54) is 11.3 Å². The molecule has 11 rings (SSSR count). The Labute approximate surface area is 308 Å². The highest BCUT2D eigenvalue weighted by molar-refractivity contribution is 7.26. The molecule has 4 nitrogen and oxygen atoms in total. The van der Waals surface area contributed by atoms with E-state index >= 15 is 0 Å². The van der Waals surface area contributed by atoms with Gasteiger partial charge in [-0.25, -0.2) is 15.0 Å². The fraction of sp³-hybridized carbons (Fsp3) is 0. The van der Waals surface area contributed by atoms with Gasteiger partial charge in [0.1, 0.15) is 11.2 Å². The normalized spacial score (nSPS) is 13.6. The molecular formula is C45H25N3OS2. The van der Waals surface area contributed by atoms with Crippen LogP contribution in [0.1, 0.15) is 8.22 Å². The maximum Gasteiger partial charge on any atom is 0.165 e. The first-order valence-electron chi connectivity index (χ1n) is 19.4. The van der Waals surface area contributed by atoms with E-state index in [-0.39, 0.29) is 58.4 Å². The van der Waals surface area contributed by atoms with E-state index in [1.54, 1.807) is 11.3 Å². The summed E-state index contributed by atoms with van der Waals surface area (Å²) >= 11 is 2.83. The van der Waals surface area contributed by atoms with Crippen LogP contribution in [-0.4, -0.2) is 15.0 Å². The molecule has 0 bridgehead atoms. The van der Waals surface area contributed by atoms with Crippen LogP contribution in [0, 0.1) is 0 Å². The Kier molecular flexibility index (Phi) is 5.08. The van der Waals surface area contributed by atoms with Gasteiger partial charge in [0.25, 0.3) is 0 Å². The third-order valence-electron chi connectivity index (χ3n) is 9.26. The first-order chi connectivity index (χ1) is 27.8. The molecule has 0 N–H and O–H groups in total. The Balaban J connectivity index is 1.17. The van der Waals surface area contributed by atoms with Gasteiger partial charge < -0.3 is 4.42 Å². The van der Waals surface area contributed by atoms with Gasteiger partial charge in [0.05, 0.1) is 8.22 Å². The van der Waals surface area contributed by atoms with Gasteiger partial charge in [-0.3, -0.25) is 0 Å².